The summed E-state index contributed by atoms with van der Waals surface area (Å²) in [5.74, 6) is 0.815. The van der Waals surface area contributed by atoms with Crippen molar-refractivity contribution < 1.29 is 4.74 Å². The highest BCUT2D eigenvalue weighted by Gasteiger charge is 2.18. The van der Waals surface area contributed by atoms with Crippen LogP contribution in [0.5, 0.6) is 5.75 Å². The van der Waals surface area contributed by atoms with Crippen molar-refractivity contribution in [2.24, 2.45) is 0 Å². The van der Waals surface area contributed by atoms with Gasteiger partial charge in [0.2, 0.25) is 5.56 Å². The van der Waals surface area contributed by atoms with Crippen molar-refractivity contribution in [3.05, 3.63) is 69.8 Å². The number of unbranched alkanes of at least 4 members (excludes halogenated alkanes) is 1. The van der Waals surface area contributed by atoms with Crippen LogP contribution in [0.25, 0.3) is 21.0 Å². The van der Waals surface area contributed by atoms with Crippen LogP contribution in [-0.2, 0) is 0 Å². The first-order valence-corrected chi connectivity index (χ1v) is 12.3. The molecule has 6 heteroatoms. The molecule has 0 amide bonds. The quantitative estimate of drug-likeness (QED) is 0.404. The second kappa shape index (κ2) is 9.35. The second-order valence-electron chi connectivity index (χ2n) is 8.52. The van der Waals surface area contributed by atoms with Crippen molar-refractivity contribution in [3.8, 4) is 5.75 Å². The van der Waals surface area contributed by atoms with Gasteiger partial charge in [-0.1, -0.05) is 6.07 Å². The number of aryl methyl sites for hydroxylation is 1. The average Bonchev–Trinajstić information content (AvgIpc) is 3.28. The molecule has 166 valence electrons. The number of hydrogen-bond acceptors (Lipinski definition) is 5. The fraction of sp³-hybridized carbons (Fsp3) is 0.346. The summed E-state index contributed by atoms with van der Waals surface area (Å²) in [6, 6.07) is 16.5. The molecule has 0 unspecified atom stereocenters. The van der Waals surface area contributed by atoms with E-state index in [1.165, 1.54) is 15.8 Å². The molecule has 1 N–H and O–H groups in total. The van der Waals surface area contributed by atoms with E-state index >= 15 is 0 Å². The Kier molecular flexibility index (Phi) is 6.14. The summed E-state index contributed by atoms with van der Waals surface area (Å²) < 4.78 is 7.32. The van der Waals surface area contributed by atoms with Crippen LogP contribution in [0.2, 0.25) is 0 Å². The van der Waals surface area contributed by atoms with Crippen LogP contribution in [-0.4, -0.2) is 49.2 Å². The number of fused-ring (bicyclic) bond motifs is 2. The third-order valence-electron chi connectivity index (χ3n) is 6.34. The van der Waals surface area contributed by atoms with Gasteiger partial charge in [-0.05, 0) is 67.6 Å². The van der Waals surface area contributed by atoms with Crippen LogP contribution in [0, 0.1) is 6.92 Å². The van der Waals surface area contributed by atoms with Gasteiger partial charge in [-0.15, -0.1) is 11.3 Å². The number of piperazine rings is 1. The number of aromatic amines is 1. The van der Waals surface area contributed by atoms with Gasteiger partial charge in [-0.2, -0.15) is 0 Å². The third kappa shape index (κ3) is 4.52. The zero-order valence-corrected chi connectivity index (χ0v) is 19.3. The molecule has 5 nitrogen and oxygen atoms in total. The number of anilines is 1. The van der Waals surface area contributed by atoms with E-state index in [1.807, 2.05) is 36.5 Å². The molecule has 3 heterocycles. The highest BCUT2D eigenvalue weighted by atomic mass is 32.1. The lowest BCUT2D eigenvalue weighted by Gasteiger charge is -2.36. The fourth-order valence-corrected chi connectivity index (χ4v) is 5.40. The molecule has 2 aromatic heterocycles. The van der Waals surface area contributed by atoms with Crippen molar-refractivity contribution >= 4 is 38.0 Å². The normalized spacial score (nSPS) is 15.0. The summed E-state index contributed by atoms with van der Waals surface area (Å²) in [6.45, 7) is 8.16. The topological polar surface area (TPSA) is 48.6 Å². The Morgan fingerprint density at radius 2 is 1.88 bits per heavy atom. The lowest BCUT2D eigenvalue weighted by atomic mass is 10.1. The van der Waals surface area contributed by atoms with Gasteiger partial charge < -0.3 is 14.6 Å². The molecule has 0 atom stereocenters. The van der Waals surface area contributed by atoms with Gasteiger partial charge in [-0.3, -0.25) is 9.69 Å². The van der Waals surface area contributed by atoms with E-state index in [1.54, 1.807) is 6.07 Å². The lowest BCUT2D eigenvalue weighted by molar-refractivity contribution is 0.239. The van der Waals surface area contributed by atoms with Crippen LogP contribution in [0.3, 0.4) is 0 Å². The minimum Gasteiger partial charge on any atom is -0.494 e. The zero-order valence-electron chi connectivity index (χ0n) is 18.5. The Morgan fingerprint density at radius 1 is 1.00 bits per heavy atom. The molecular formula is C26H29N3O2S. The SMILES string of the molecule is Cc1cc(=O)[nH]c2cc(OCCCCN3CCN(c4cccc5sccc45)CC3)ccc12. The van der Waals surface area contributed by atoms with Gasteiger partial charge in [0, 0.05) is 59.5 Å². The maximum absolute atomic E-state index is 11.7. The number of H-pyrrole nitrogens is 1. The first kappa shape index (κ1) is 21.0. The third-order valence-corrected chi connectivity index (χ3v) is 7.23. The molecule has 4 aromatic rings. The number of rotatable bonds is 7. The highest BCUT2D eigenvalue weighted by molar-refractivity contribution is 7.17. The molecule has 2 aromatic carbocycles. The van der Waals surface area contributed by atoms with Gasteiger partial charge in [0.15, 0.2) is 0 Å². The van der Waals surface area contributed by atoms with E-state index in [0.717, 1.165) is 67.8 Å². The summed E-state index contributed by atoms with van der Waals surface area (Å²) in [5, 5.41) is 4.63. The maximum Gasteiger partial charge on any atom is 0.248 e. The number of pyridine rings is 1. The number of aromatic nitrogens is 1. The maximum atomic E-state index is 11.7. The Morgan fingerprint density at radius 3 is 2.75 bits per heavy atom. The van der Waals surface area contributed by atoms with Crippen LogP contribution in [0.4, 0.5) is 5.69 Å². The van der Waals surface area contributed by atoms with Gasteiger partial charge >= 0.3 is 0 Å². The van der Waals surface area contributed by atoms with Crippen LogP contribution < -0.4 is 15.2 Å². The average molecular weight is 448 g/mol. The smallest absolute Gasteiger partial charge is 0.248 e. The molecule has 0 aliphatic carbocycles. The van der Waals surface area contributed by atoms with Gasteiger partial charge in [-0.25, -0.2) is 0 Å². The Bertz CT molecular complexity index is 1270. The van der Waals surface area contributed by atoms with E-state index in [2.05, 4.69) is 44.4 Å². The number of nitrogens with zero attached hydrogens (tertiary/aromatic N) is 2. The standard InChI is InChI=1S/C26H29N3O2S/c1-19-17-26(30)27-23-18-20(7-8-21(19)23)31-15-3-2-10-28-11-13-29(14-12-28)24-5-4-6-25-22(24)9-16-32-25/h4-9,16-18H,2-3,10-15H2,1H3,(H,27,30). The van der Waals surface area contributed by atoms with Gasteiger partial charge in [0.05, 0.1) is 12.1 Å². The van der Waals surface area contributed by atoms with Crippen molar-refractivity contribution in [1.82, 2.24) is 9.88 Å². The van der Waals surface area contributed by atoms with E-state index in [0.29, 0.717) is 6.61 Å². The first-order chi connectivity index (χ1) is 15.7. The van der Waals surface area contributed by atoms with Crippen molar-refractivity contribution in [1.29, 1.82) is 0 Å². The molecule has 1 aliphatic heterocycles. The largest absolute Gasteiger partial charge is 0.494 e. The summed E-state index contributed by atoms with van der Waals surface area (Å²) >= 11 is 1.82. The Hall–Kier alpha value is -2.83. The summed E-state index contributed by atoms with van der Waals surface area (Å²) in [4.78, 5) is 19.7. The van der Waals surface area contributed by atoms with Crippen molar-refractivity contribution in [2.75, 3.05) is 44.2 Å². The Balaban J connectivity index is 1.06. The van der Waals surface area contributed by atoms with E-state index in [4.69, 9.17) is 4.74 Å². The molecule has 5 rings (SSSR count). The molecule has 0 radical (unpaired) electrons. The Labute approximate surface area is 192 Å². The van der Waals surface area contributed by atoms with Gasteiger partial charge in [0.25, 0.3) is 0 Å². The molecule has 0 saturated carbocycles. The van der Waals surface area contributed by atoms with E-state index in [-0.39, 0.29) is 5.56 Å². The predicted molar refractivity (Wildman–Crippen MR) is 135 cm³/mol. The minimum absolute atomic E-state index is 0.0701. The number of ether oxygens (including phenoxy) is 1. The fourth-order valence-electron chi connectivity index (χ4n) is 4.60. The molecule has 1 fully saturated rings. The number of nitrogens with one attached hydrogen (secondary N) is 1. The van der Waals surface area contributed by atoms with E-state index < -0.39 is 0 Å². The predicted octanol–water partition coefficient (Wildman–Crippen LogP) is 5.03. The van der Waals surface area contributed by atoms with Crippen LogP contribution in [0.1, 0.15) is 18.4 Å². The van der Waals surface area contributed by atoms with Gasteiger partial charge in [0.1, 0.15) is 5.75 Å². The monoisotopic (exact) mass is 447 g/mol. The van der Waals surface area contributed by atoms with Crippen LogP contribution in [0.15, 0.2) is 58.7 Å². The number of hydrogen-bond donors (Lipinski definition) is 1. The molecule has 1 saturated heterocycles. The molecule has 0 spiro atoms. The summed E-state index contributed by atoms with van der Waals surface area (Å²) in [5.41, 5.74) is 3.13. The molecule has 1 aliphatic rings. The summed E-state index contributed by atoms with van der Waals surface area (Å²) in [7, 11) is 0. The van der Waals surface area contributed by atoms with E-state index in [9.17, 15) is 4.79 Å². The molecule has 32 heavy (non-hydrogen) atoms. The summed E-state index contributed by atoms with van der Waals surface area (Å²) in [6.07, 6.45) is 2.15. The zero-order chi connectivity index (χ0) is 21.9. The highest BCUT2D eigenvalue weighted by Crippen LogP contribution is 2.31. The lowest BCUT2D eigenvalue weighted by Crippen LogP contribution is -2.46. The van der Waals surface area contributed by atoms with Crippen LogP contribution >= 0.6 is 11.3 Å². The minimum atomic E-state index is -0.0701. The molecule has 0 bridgehead atoms. The number of thiophene rings is 1. The second-order valence-corrected chi connectivity index (χ2v) is 9.47. The number of benzene rings is 2. The first-order valence-electron chi connectivity index (χ1n) is 11.4. The van der Waals surface area contributed by atoms with Crippen molar-refractivity contribution in [2.45, 2.75) is 19.8 Å². The van der Waals surface area contributed by atoms with Crippen molar-refractivity contribution in [3.63, 3.8) is 0 Å². The molecular weight excluding hydrogens is 418 g/mol.